The molecule has 0 aromatic rings. The van der Waals surface area contributed by atoms with Crippen LogP contribution in [-0.2, 0) is 9.84 Å². The van der Waals surface area contributed by atoms with Gasteiger partial charge in [-0.15, -0.1) is 0 Å². The molecule has 0 aliphatic heterocycles. The van der Waals surface area contributed by atoms with Crippen LogP contribution >= 0.6 is 0 Å². The Kier molecular flexibility index (Phi) is 6.27. The van der Waals surface area contributed by atoms with E-state index in [0.717, 1.165) is 13.0 Å². The van der Waals surface area contributed by atoms with Crippen LogP contribution in [0.3, 0.4) is 0 Å². The Labute approximate surface area is 84.4 Å². The highest BCUT2D eigenvalue weighted by Crippen LogP contribution is 1.91. The molecule has 82 valence electrons. The first-order chi connectivity index (χ1) is 6.45. The van der Waals surface area contributed by atoms with Gasteiger partial charge < -0.3 is 4.90 Å². The molecule has 0 radical (unpaired) electrons. The second-order valence-electron chi connectivity index (χ2n) is 3.24. The first-order valence-electron chi connectivity index (χ1n) is 4.33. The zero-order chi connectivity index (χ0) is 11.0. The average molecular weight is 220 g/mol. The van der Waals surface area contributed by atoms with Crippen molar-refractivity contribution in [1.82, 2.24) is 4.90 Å². The number of sulfone groups is 1. The van der Waals surface area contributed by atoms with Crippen molar-refractivity contribution in [2.45, 2.75) is 6.42 Å². The van der Waals surface area contributed by atoms with Crippen LogP contribution in [0.5, 0.6) is 0 Å². The highest BCUT2D eigenvalue weighted by Gasteiger charge is 2.04. The molecule has 7 heteroatoms. The van der Waals surface area contributed by atoms with Crippen LogP contribution in [0, 0.1) is 0 Å². The van der Waals surface area contributed by atoms with Crippen molar-refractivity contribution in [3.63, 3.8) is 0 Å². The smallest absolute Gasteiger partial charge is 0.148 e. The van der Waals surface area contributed by atoms with Crippen molar-refractivity contribution >= 4 is 9.84 Å². The summed E-state index contributed by atoms with van der Waals surface area (Å²) in [5.74, 6) is 0.172. The molecule has 0 amide bonds. The lowest BCUT2D eigenvalue weighted by atomic mass is 10.4. The summed E-state index contributed by atoms with van der Waals surface area (Å²) in [6.45, 7) is 1.73. The first-order valence-corrected chi connectivity index (χ1v) is 6.39. The van der Waals surface area contributed by atoms with E-state index in [9.17, 15) is 8.42 Å². The lowest BCUT2D eigenvalue weighted by Gasteiger charge is -2.14. The Balaban J connectivity index is 3.56. The van der Waals surface area contributed by atoms with E-state index in [0.29, 0.717) is 13.1 Å². The number of azide groups is 1. The van der Waals surface area contributed by atoms with E-state index in [2.05, 4.69) is 10.0 Å². The van der Waals surface area contributed by atoms with Crippen molar-refractivity contribution in [2.24, 2.45) is 5.11 Å². The van der Waals surface area contributed by atoms with Crippen molar-refractivity contribution in [3.05, 3.63) is 10.4 Å². The van der Waals surface area contributed by atoms with Gasteiger partial charge >= 0.3 is 0 Å². The standard InChI is InChI=1S/C7H16N4O2S/c1-11(5-3-4-9-10-8)6-7-14(2,12)13/h3-7H2,1-2H3. The maximum atomic E-state index is 10.8. The van der Waals surface area contributed by atoms with Crippen molar-refractivity contribution in [1.29, 1.82) is 0 Å². The van der Waals surface area contributed by atoms with Crippen LogP contribution in [-0.4, -0.2) is 52.0 Å². The minimum Gasteiger partial charge on any atom is -0.305 e. The Morgan fingerprint density at radius 1 is 1.43 bits per heavy atom. The molecule has 0 aromatic heterocycles. The van der Waals surface area contributed by atoms with Crippen LogP contribution in [0.25, 0.3) is 10.4 Å². The third kappa shape index (κ3) is 9.31. The zero-order valence-corrected chi connectivity index (χ0v) is 9.37. The molecule has 0 rings (SSSR count). The average Bonchev–Trinajstić information content (AvgIpc) is 2.08. The first kappa shape index (κ1) is 13.2. The van der Waals surface area contributed by atoms with Gasteiger partial charge in [0.2, 0.25) is 0 Å². The fraction of sp³-hybridized carbons (Fsp3) is 1.00. The molecule has 0 aliphatic rings. The topological polar surface area (TPSA) is 86.1 Å². The molecule has 0 N–H and O–H groups in total. The number of hydrogen-bond acceptors (Lipinski definition) is 4. The second-order valence-corrected chi connectivity index (χ2v) is 5.50. The molecule has 0 saturated heterocycles. The molecular formula is C7H16N4O2S. The Morgan fingerprint density at radius 3 is 2.57 bits per heavy atom. The summed E-state index contributed by atoms with van der Waals surface area (Å²) in [5.41, 5.74) is 8.01. The van der Waals surface area contributed by atoms with E-state index >= 15 is 0 Å². The molecule has 0 bridgehead atoms. The number of hydrogen-bond donors (Lipinski definition) is 0. The summed E-state index contributed by atoms with van der Waals surface area (Å²) in [6.07, 6.45) is 1.98. The minimum absolute atomic E-state index is 0.172. The van der Waals surface area contributed by atoms with Crippen LogP contribution < -0.4 is 0 Å². The molecule has 0 fully saturated rings. The Bertz CT molecular complexity index is 295. The van der Waals surface area contributed by atoms with Gasteiger partial charge in [-0.05, 0) is 25.5 Å². The van der Waals surface area contributed by atoms with Gasteiger partial charge in [0.05, 0.1) is 5.75 Å². The Hall–Kier alpha value is -0.780. The van der Waals surface area contributed by atoms with E-state index in [1.807, 2.05) is 11.9 Å². The maximum Gasteiger partial charge on any atom is 0.148 e. The Morgan fingerprint density at radius 2 is 2.07 bits per heavy atom. The van der Waals surface area contributed by atoms with E-state index in [4.69, 9.17) is 5.53 Å². The zero-order valence-electron chi connectivity index (χ0n) is 8.55. The monoisotopic (exact) mass is 220 g/mol. The summed E-state index contributed by atoms with van der Waals surface area (Å²) in [7, 11) is -1.03. The molecule has 0 saturated carbocycles. The quantitative estimate of drug-likeness (QED) is 0.273. The van der Waals surface area contributed by atoms with Crippen LogP contribution in [0.2, 0.25) is 0 Å². The number of rotatable bonds is 7. The van der Waals surface area contributed by atoms with Crippen LogP contribution in [0.4, 0.5) is 0 Å². The molecule has 6 nitrogen and oxygen atoms in total. The molecule has 0 heterocycles. The molecule has 0 unspecified atom stereocenters. The van der Waals surface area contributed by atoms with E-state index < -0.39 is 9.84 Å². The normalized spacial score (nSPS) is 11.4. The van der Waals surface area contributed by atoms with Gasteiger partial charge in [-0.2, -0.15) is 0 Å². The summed E-state index contributed by atoms with van der Waals surface area (Å²) in [4.78, 5) is 4.54. The third-order valence-electron chi connectivity index (χ3n) is 1.70. The van der Waals surface area contributed by atoms with Crippen LogP contribution in [0.1, 0.15) is 6.42 Å². The predicted molar refractivity (Wildman–Crippen MR) is 55.8 cm³/mol. The lowest BCUT2D eigenvalue weighted by molar-refractivity contribution is 0.350. The molecule has 0 spiro atoms. The second kappa shape index (κ2) is 6.64. The third-order valence-corrected chi connectivity index (χ3v) is 2.63. The van der Waals surface area contributed by atoms with Crippen molar-refractivity contribution in [3.8, 4) is 0 Å². The van der Waals surface area contributed by atoms with Gasteiger partial charge in [-0.3, -0.25) is 0 Å². The largest absolute Gasteiger partial charge is 0.305 e. The fourth-order valence-corrected chi connectivity index (χ4v) is 1.53. The van der Waals surface area contributed by atoms with Crippen molar-refractivity contribution < 1.29 is 8.42 Å². The van der Waals surface area contributed by atoms with E-state index in [1.165, 1.54) is 6.26 Å². The maximum absolute atomic E-state index is 10.8. The SMILES string of the molecule is CN(CCCN=[N+]=[N-])CCS(C)(=O)=O. The van der Waals surface area contributed by atoms with Crippen LogP contribution in [0.15, 0.2) is 5.11 Å². The fourth-order valence-electron chi connectivity index (χ4n) is 0.890. The summed E-state index contributed by atoms with van der Waals surface area (Å²) in [5, 5.41) is 3.39. The summed E-state index contributed by atoms with van der Waals surface area (Å²) >= 11 is 0. The highest BCUT2D eigenvalue weighted by atomic mass is 32.2. The molecular weight excluding hydrogens is 204 g/mol. The summed E-state index contributed by atoms with van der Waals surface area (Å²) in [6, 6.07) is 0. The number of nitrogens with zero attached hydrogens (tertiary/aromatic N) is 4. The van der Waals surface area contributed by atoms with Crippen molar-refractivity contribution in [2.75, 3.05) is 38.7 Å². The van der Waals surface area contributed by atoms with Gasteiger partial charge in [0.15, 0.2) is 0 Å². The van der Waals surface area contributed by atoms with Gasteiger partial charge in [0.1, 0.15) is 9.84 Å². The van der Waals surface area contributed by atoms with Gasteiger partial charge in [0, 0.05) is 24.3 Å². The van der Waals surface area contributed by atoms with Gasteiger partial charge in [0.25, 0.3) is 0 Å². The molecule has 0 aliphatic carbocycles. The molecule has 14 heavy (non-hydrogen) atoms. The van der Waals surface area contributed by atoms with Gasteiger partial charge in [-0.1, -0.05) is 5.11 Å². The minimum atomic E-state index is -2.88. The lowest BCUT2D eigenvalue weighted by Crippen LogP contribution is -2.26. The van der Waals surface area contributed by atoms with E-state index in [-0.39, 0.29) is 5.75 Å². The highest BCUT2D eigenvalue weighted by molar-refractivity contribution is 7.90. The molecule has 0 aromatic carbocycles. The molecule has 0 atom stereocenters. The predicted octanol–water partition coefficient (Wildman–Crippen LogP) is 0.663. The van der Waals surface area contributed by atoms with Gasteiger partial charge in [-0.25, -0.2) is 8.42 Å². The van der Waals surface area contributed by atoms with E-state index in [1.54, 1.807) is 0 Å². The summed E-state index contributed by atoms with van der Waals surface area (Å²) < 4.78 is 21.6.